The van der Waals surface area contributed by atoms with E-state index in [2.05, 4.69) is 25.5 Å². The Balaban J connectivity index is 1.45. The fourth-order valence-corrected chi connectivity index (χ4v) is 3.21. The molecule has 1 aliphatic heterocycles. The number of hydrogen-bond acceptors (Lipinski definition) is 6. The Bertz CT molecular complexity index is 958. The number of carbonyl (C=O) groups is 1. The quantitative estimate of drug-likeness (QED) is 0.674. The number of rotatable bonds is 6. The maximum atomic E-state index is 12.8. The average Bonchev–Trinajstić information content (AvgIpc) is 2.79. The van der Waals surface area contributed by atoms with Crippen LogP contribution < -0.4 is 15.5 Å². The second-order valence-corrected chi connectivity index (χ2v) is 6.71. The maximum absolute atomic E-state index is 12.8. The van der Waals surface area contributed by atoms with Crippen molar-refractivity contribution < 1.29 is 9.53 Å². The van der Waals surface area contributed by atoms with E-state index in [0.717, 1.165) is 35.8 Å². The maximum Gasteiger partial charge on any atom is 0.257 e. The third-order valence-corrected chi connectivity index (χ3v) is 4.70. The highest BCUT2D eigenvalue weighted by Gasteiger charge is 2.16. The number of nitrogens with zero attached hydrogens (tertiary/aromatic N) is 3. The molecule has 0 saturated carbocycles. The number of carbonyl (C=O) groups excluding carboxylic acids is 1. The van der Waals surface area contributed by atoms with Gasteiger partial charge in [-0.2, -0.15) is 0 Å². The highest BCUT2D eigenvalue weighted by molar-refractivity contribution is 6.06. The first-order valence-corrected chi connectivity index (χ1v) is 9.61. The smallest absolute Gasteiger partial charge is 0.257 e. The molecule has 7 nitrogen and oxygen atoms in total. The molecule has 148 valence electrons. The molecule has 7 heteroatoms. The predicted octanol–water partition coefficient (Wildman–Crippen LogP) is 3.18. The van der Waals surface area contributed by atoms with Gasteiger partial charge in [-0.15, -0.1) is 0 Å². The molecule has 3 aromatic rings. The minimum absolute atomic E-state index is 0.195. The molecular formula is C22H23N5O2. The molecule has 1 saturated heterocycles. The van der Waals surface area contributed by atoms with Gasteiger partial charge in [-0.1, -0.05) is 18.2 Å². The van der Waals surface area contributed by atoms with Gasteiger partial charge in [-0.05, 0) is 30.3 Å². The van der Waals surface area contributed by atoms with E-state index in [1.54, 1.807) is 24.7 Å². The first-order valence-electron chi connectivity index (χ1n) is 9.61. The first kappa shape index (κ1) is 18.9. The molecule has 3 heterocycles. The fourth-order valence-electron chi connectivity index (χ4n) is 3.21. The monoisotopic (exact) mass is 389 g/mol. The summed E-state index contributed by atoms with van der Waals surface area (Å²) in [6.07, 6.45) is 5.02. The van der Waals surface area contributed by atoms with Crippen molar-refractivity contribution in [3.05, 3.63) is 78.4 Å². The van der Waals surface area contributed by atoms with Gasteiger partial charge in [-0.25, -0.2) is 0 Å². The van der Waals surface area contributed by atoms with E-state index in [9.17, 15) is 4.79 Å². The van der Waals surface area contributed by atoms with Crippen LogP contribution in [-0.2, 0) is 11.3 Å². The molecule has 1 amide bonds. The Morgan fingerprint density at radius 3 is 2.72 bits per heavy atom. The molecule has 0 unspecified atom stereocenters. The number of aromatic nitrogens is 2. The van der Waals surface area contributed by atoms with Gasteiger partial charge in [0.05, 0.1) is 48.1 Å². The summed E-state index contributed by atoms with van der Waals surface area (Å²) in [6, 6.07) is 15.4. The van der Waals surface area contributed by atoms with E-state index < -0.39 is 0 Å². The zero-order valence-electron chi connectivity index (χ0n) is 16.0. The van der Waals surface area contributed by atoms with Crippen molar-refractivity contribution in [2.75, 3.05) is 41.8 Å². The highest BCUT2D eigenvalue weighted by Crippen LogP contribution is 2.27. The van der Waals surface area contributed by atoms with Crippen molar-refractivity contribution in [3.8, 4) is 0 Å². The van der Waals surface area contributed by atoms with E-state index >= 15 is 0 Å². The molecule has 0 aliphatic carbocycles. The highest BCUT2D eigenvalue weighted by atomic mass is 16.5. The van der Waals surface area contributed by atoms with Crippen molar-refractivity contribution in [1.82, 2.24) is 9.97 Å². The summed E-state index contributed by atoms with van der Waals surface area (Å²) in [5, 5.41) is 6.28. The van der Waals surface area contributed by atoms with Crippen molar-refractivity contribution >= 4 is 23.0 Å². The molecule has 29 heavy (non-hydrogen) atoms. The van der Waals surface area contributed by atoms with Crippen LogP contribution in [0.2, 0.25) is 0 Å². The summed E-state index contributed by atoms with van der Waals surface area (Å²) < 4.78 is 5.43. The number of para-hydroxylation sites is 2. The van der Waals surface area contributed by atoms with Gasteiger partial charge in [0.25, 0.3) is 5.91 Å². The number of ether oxygens (including phenoxy) is 1. The number of morpholine rings is 1. The molecule has 2 N–H and O–H groups in total. The van der Waals surface area contributed by atoms with Gasteiger partial charge in [0, 0.05) is 31.7 Å². The van der Waals surface area contributed by atoms with E-state index in [1.807, 2.05) is 42.5 Å². The van der Waals surface area contributed by atoms with Crippen LogP contribution in [0.5, 0.6) is 0 Å². The van der Waals surface area contributed by atoms with Crippen LogP contribution in [-0.4, -0.2) is 42.2 Å². The number of amides is 1. The van der Waals surface area contributed by atoms with Crippen molar-refractivity contribution in [2.45, 2.75) is 6.54 Å². The van der Waals surface area contributed by atoms with Crippen LogP contribution in [0, 0.1) is 0 Å². The number of hydrogen-bond donors (Lipinski definition) is 2. The van der Waals surface area contributed by atoms with E-state index in [1.165, 1.54) is 0 Å². The first-order chi connectivity index (χ1) is 14.3. The van der Waals surface area contributed by atoms with Gasteiger partial charge in [0.2, 0.25) is 0 Å². The summed E-state index contributed by atoms with van der Waals surface area (Å²) in [7, 11) is 0. The van der Waals surface area contributed by atoms with E-state index in [4.69, 9.17) is 4.74 Å². The summed E-state index contributed by atoms with van der Waals surface area (Å²) in [6.45, 7) is 3.56. The van der Waals surface area contributed by atoms with Crippen molar-refractivity contribution in [3.63, 3.8) is 0 Å². The zero-order chi connectivity index (χ0) is 19.9. The number of benzene rings is 1. The Morgan fingerprint density at radius 1 is 1.07 bits per heavy atom. The topological polar surface area (TPSA) is 79.4 Å². The Hall–Kier alpha value is -3.45. The van der Waals surface area contributed by atoms with Crippen LogP contribution in [0.3, 0.4) is 0 Å². The Morgan fingerprint density at radius 2 is 1.90 bits per heavy atom. The normalized spacial score (nSPS) is 13.7. The van der Waals surface area contributed by atoms with Crippen molar-refractivity contribution in [1.29, 1.82) is 0 Å². The SMILES string of the molecule is O=C(Nc1ccccc1N1CCOCC1)c1cncc(NCc2ccccn2)c1. The number of anilines is 3. The number of nitrogens with one attached hydrogen (secondary N) is 2. The molecule has 4 rings (SSSR count). The minimum Gasteiger partial charge on any atom is -0.378 e. The van der Waals surface area contributed by atoms with Gasteiger partial charge < -0.3 is 20.3 Å². The second kappa shape index (κ2) is 9.16. The molecule has 0 radical (unpaired) electrons. The molecule has 1 aromatic carbocycles. The third-order valence-electron chi connectivity index (χ3n) is 4.70. The second-order valence-electron chi connectivity index (χ2n) is 6.71. The summed E-state index contributed by atoms with van der Waals surface area (Å²) in [5.74, 6) is -0.195. The molecule has 0 atom stereocenters. The lowest BCUT2D eigenvalue weighted by molar-refractivity contribution is 0.102. The minimum atomic E-state index is -0.195. The van der Waals surface area contributed by atoms with Crippen LogP contribution >= 0.6 is 0 Å². The van der Waals surface area contributed by atoms with Crippen LogP contribution in [0.1, 0.15) is 16.1 Å². The lowest BCUT2D eigenvalue weighted by Gasteiger charge is -2.30. The molecule has 1 fully saturated rings. The standard InChI is InChI=1S/C22H23N5O2/c28-22(26-20-6-1-2-7-21(20)27-9-11-29-12-10-27)17-13-19(15-23-14-17)25-16-18-5-3-4-8-24-18/h1-8,13-15,25H,9-12,16H2,(H,26,28). The van der Waals surface area contributed by atoms with E-state index in [0.29, 0.717) is 25.3 Å². The molecule has 2 aromatic heterocycles. The van der Waals surface area contributed by atoms with Gasteiger partial charge in [-0.3, -0.25) is 14.8 Å². The zero-order valence-corrected chi connectivity index (χ0v) is 16.0. The summed E-state index contributed by atoms with van der Waals surface area (Å²) >= 11 is 0. The van der Waals surface area contributed by atoms with Gasteiger partial charge >= 0.3 is 0 Å². The average molecular weight is 389 g/mol. The molecular weight excluding hydrogens is 366 g/mol. The predicted molar refractivity (Wildman–Crippen MR) is 113 cm³/mol. The fraction of sp³-hybridized carbons (Fsp3) is 0.227. The van der Waals surface area contributed by atoms with Crippen LogP contribution in [0.4, 0.5) is 17.1 Å². The van der Waals surface area contributed by atoms with Gasteiger partial charge in [0.15, 0.2) is 0 Å². The van der Waals surface area contributed by atoms with E-state index in [-0.39, 0.29) is 5.91 Å². The third kappa shape index (κ3) is 4.89. The van der Waals surface area contributed by atoms with Crippen LogP contribution in [0.25, 0.3) is 0 Å². The van der Waals surface area contributed by atoms with Gasteiger partial charge in [0.1, 0.15) is 0 Å². The molecule has 1 aliphatic rings. The Kier molecular flexibility index (Phi) is 5.97. The molecule has 0 spiro atoms. The number of pyridine rings is 2. The lowest BCUT2D eigenvalue weighted by atomic mass is 10.2. The van der Waals surface area contributed by atoms with Crippen molar-refractivity contribution in [2.24, 2.45) is 0 Å². The summed E-state index contributed by atoms with van der Waals surface area (Å²) in [4.78, 5) is 23.6. The molecule has 0 bridgehead atoms. The lowest BCUT2D eigenvalue weighted by Crippen LogP contribution is -2.36. The largest absolute Gasteiger partial charge is 0.378 e. The van der Waals surface area contributed by atoms with Crippen LogP contribution in [0.15, 0.2) is 67.1 Å². The Labute approximate surface area is 169 Å². The summed E-state index contributed by atoms with van der Waals surface area (Å²) in [5.41, 5.74) is 3.96.